The van der Waals surface area contributed by atoms with Crippen LogP contribution in [0.2, 0.25) is 0 Å². The highest BCUT2D eigenvalue weighted by atomic mass is 127. The maximum absolute atomic E-state index is 3.49. The van der Waals surface area contributed by atoms with E-state index in [1.54, 1.807) is 0 Å². The van der Waals surface area contributed by atoms with Gasteiger partial charge in [-0.15, -0.1) is 0 Å². The number of halogens is 2. The number of rotatable bonds is 2. The van der Waals surface area contributed by atoms with Gasteiger partial charge in [-0.05, 0) is 70.6 Å². The van der Waals surface area contributed by atoms with Crippen molar-refractivity contribution in [2.75, 3.05) is 5.32 Å². The summed E-state index contributed by atoms with van der Waals surface area (Å²) in [5, 5.41) is 3.36. The van der Waals surface area contributed by atoms with E-state index in [9.17, 15) is 0 Å². The van der Waals surface area contributed by atoms with E-state index in [4.69, 9.17) is 0 Å². The third kappa shape index (κ3) is 2.94. The lowest BCUT2D eigenvalue weighted by Gasteiger charge is -2.11. The first kappa shape index (κ1) is 10.3. The van der Waals surface area contributed by atoms with Crippen molar-refractivity contribution in [3.8, 4) is 0 Å². The summed E-state index contributed by atoms with van der Waals surface area (Å²) < 4.78 is 2.37. The summed E-state index contributed by atoms with van der Waals surface area (Å²) in [5.74, 6) is 0. The standard InChI is InChI=1S/C9H11BrIN/c1-6(2)12-9-5-7(11)3-4-8(9)10/h3-6,12H,1-2H3. The summed E-state index contributed by atoms with van der Waals surface area (Å²) >= 11 is 5.80. The third-order valence-corrected chi connectivity index (χ3v) is 2.74. The van der Waals surface area contributed by atoms with Crippen LogP contribution in [0.4, 0.5) is 5.69 Å². The van der Waals surface area contributed by atoms with Gasteiger partial charge < -0.3 is 5.32 Å². The fourth-order valence-electron chi connectivity index (χ4n) is 0.919. The number of anilines is 1. The van der Waals surface area contributed by atoms with Crippen LogP contribution < -0.4 is 5.32 Å². The predicted octanol–water partition coefficient (Wildman–Crippen LogP) is 3.87. The Kier molecular flexibility index (Phi) is 3.83. The molecule has 3 heteroatoms. The maximum Gasteiger partial charge on any atom is 0.0497 e. The zero-order chi connectivity index (χ0) is 9.14. The number of hydrogen-bond donors (Lipinski definition) is 1. The van der Waals surface area contributed by atoms with Crippen LogP contribution in [-0.2, 0) is 0 Å². The van der Waals surface area contributed by atoms with E-state index < -0.39 is 0 Å². The molecule has 0 aliphatic heterocycles. The smallest absolute Gasteiger partial charge is 0.0497 e. The van der Waals surface area contributed by atoms with Crippen molar-refractivity contribution in [3.63, 3.8) is 0 Å². The molecular formula is C9H11BrIN. The average Bonchev–Trinajstić information content (AvgIpc) is 1.96. The van der Waals surface area contributed by atoms with Gasteiger partial charge in [0.25, 0.3) is 0 Å². The molecular weight excluding hydrogens is 329 g/mol. The average molecular weight is 340 g/mol. The van der Waals surface area contributed by atoms with Crippen molar-refractivity contribution in [2.24, 2.45) is 0 Å². The number of nitrogens with one attached hydrogen (secondary N) is 1. The molecule has 0 radical (unpaired) electrons. The van der Waals surface area contributed by atoms with Crippen molar-refractivity contribution in [1.29, 1.82) is 0 Å². The summed E-state index contributed by atoms with van der Waals surface area (Å²) in [4.78, 5) is 0. The summed E-state index contributed by atoms with van der Waals surface area (Å²) in [7, 11) is 0. The molecule has 0 aliphatic carbocycles. The fraction of sp³-hybridized carbons (Fsp3) is 0.333. The molecule has 1 nitrogen and oxygen atoms in total. The summed E-state index contributed by atoms with van der Waals surface area (Å²) in [6, 6.07) is 6.74. The normalized spacial score (nSPS) is 10.4. The topological polar surface area (TPSA) is 12.0 Å². The van der Waals surface area contributed by atoms with Gasteiger partial charge >= 0.3 is 0 Å². The second-order valence-corrected chi connectivity index (χ2v) is 5.02. The second-order valence-electron chi connectivity index (χ2n) is 2.92. The fourth-order valence-corrected chi connectivity index (χ4v) is 1.77. The Bertz CT molecular complexity index is 273. The Morgan fingerprint density at radius 1 is 1.42 bits per heavy atom. The first-order chi connectivity index (χ1) is 5.59. The molecule has 0 heterocycles. The highest BCUT2D eigenvalue weighted by Gasteiger charge is 2.00. The minimum atomic E-state index is 0.472. The molecule has 66 valence electrons. The molecule has 0 spiro atoms. The molecule has 0 bridgehead atoms. The van der Waals surface area contributed by atoms with Crippen molar-refractivity contribution in [2.45, 2.75) is 19.9 Å². The molecule has 1 aromatic rings. The Morgan fingerprint density at radius 2 is 2.08 bits per heavy atom. The summed E-state index contributed by atoms with van der Waals surface area (Å²) in [5.41, 5.74) is 1.16. The van der Waals surface area contributed by atoms with E-state index in [-0.39, 0.29) is 0 Å². The molecule has 0 amide bonds. The molecule has 0 atom stereocenters. The molecule has 0 fully saturated rings. The van der Waals surface area contributed by atoms with E-state index in [1.807, 2.05) is 0 Å². The SMILES string of the molecule is CC(C)Nc1cc(I)ccc1Br. The predicted molar refractivity (Wildman–Crippen MR) is 65.6 cm³/mol. The van der Waals surface area contributed by atoms with Crippen LogP contribution in [0.5, 0.6) is 0 Å². The number of benzene rings is 1. The zero-order valence-corrected chi connectivity index (χ0v) is 10.8. The lowest BCUT2D eigenvalue weighted by Crippen LogP contribution is -2.10. The van der Waals surface area contributed by atoms with Crippen LogP contribution in [0.1, 0.15) is 13.8 Å². The van der Waals surface area contributed by atoms with E-state index in [2.05, 4.69) is 75.9 Å². The monoisotopic (exact) mass is 339 g/mol. The van der Waals surface area contributed by atoms with E-state index >= 15 is 0 Å². The lowest BCUT2D eigenvalue weighted by atomic mass is 10.3. The van der Waals surface area contributed by atoms with Gasteiger partial charge in [-0.25, -0.2) is 0 Å². The minimum absolute atomic E-state index is 0.472. The first-order valence-electron chi connectivity index (χ1n) is 3.81. The quantitative estimate of drug-likeness (QED) is 0.806. The lowest BCUT2D eigenvalue weighted by molar-refractivity contribution is 0.898. The Morgan fingerprint density at radius 3 is 2.67 bits per heavy atom. The van der Waals surface area contributed by atoms with Crippen LogP contribution in [0.15, 0.2) is 22.7 Å². The van der Waals surface area contributed by atoms with Crippen molar-refractivity contribution >= 4 is 44.2 Å². The maximum atomic E-state index is 3.49. The van der Waals surface area contributed by atoms with Crippen LogP contribution >= 0.6 is 38.5 Å². The molecule has 0 saturated heterocycles. The van der Waals surface area contributed by atoms with Crippen LogP contribution in [0.25, 0.3) is 0 Å². The van der Waals surface area contributed by atoms with Gasteiger partial charge in [-0.1, -0.05) is 0 Å². The highest BCUT2D eigenvalue weighted by molar-refractivity contribution is 14.1. The first-order valence-corrected chi connectivity index (χ1v) is 5.68. The summed E-state index contributed by atoms with van der Waals surface area (Å²) in [6.07, 6.45) is 0. The second kappa shape index (κ2) is 4.46. The molecule has 0 unspecified atom stereocenters. The van der Waals surface area contributed by atoms with Gasteiger partial charge in [0.15, 0.2) is 0 Å². The van der Waals surface area contributed by atoms with Gasteiger partial charge in [0.2, 0.25) is 0 Å². The molecule has 0 aliphatic rings. The van der Waals surface area contributed by atoms with Crippen molar-refractivity contribution in [1.82, 2.24) is 0 Å². The van der Waals surface area contributed by atoms with Gasteiger partial charge in [-0.2, -0.15) is 0 Å². The molecule has 1 rings (SSSR count). The Balaban J connectivity index is 2.90. The van der Waals surface area contributed by atoms with Gasteiger partial charge in [0.05, 0.1) is 0 Å². The highest BCUT2D eigenvalue weighted by Crippen LogP contribution is 2.24. The molecule has 1 aromatic carbocycles. The van der Waals surface area contributed by atoms with Crippen LogP contribution in [-0.4, -0.2) is 6.04 Å². The molecule has 1 N–H and O–H groups in total. The van der Waals surface area contributed by atoms with Gasteiger partial charge in [0.1, 0.15) is 0 Å². The molecule has 12 heavy (non-hydrogen) atoms. The van der Waals surface area contributed by atoms with Gasteiger partial charge in [-0.3, -0.25) is 0 Å². The van der Waals surface area contributed by atoms with E-state index in [0.29, 0.717) is 6.04 Å². The van der Waals surface area contributed by atoms with Crippen molar-refractivity contribution < 1.29 is 0 Å². The minimum Gasteiger partial charge on any atom is -0.382 e. The van der Waals surface area contributed by atoms with E-state index in [0.717, 1.165) is 10.2 Å². The Hall–Kier alpha value is 0.230. The van der Waals surface area contributed by atoms with Gasteiger partial charge in [0, 0.05) is 19.8 Å². The molecule has 0 saturated carbocycles. The number of hydrogen-bond acceptors (Lipinski definition) is 1. The largest absolute Gasteiger partial charge is 0.382 e. The molecule has 0 aromatic heterocycles. The third-order valence-electron chi connectivity index (χ3n) is 1.37. The van der Waals surface area contributed by atoms with Crippen LogP contribution in [0.3, 0.4) is 0 Å². The zero-order valence-electron chi connectivity index (χ0n) is 7.07. The van der Waals surface area contributed by atoms with Crippen LogP contribution in [0, 0.1) is 3.57 Å². The van der Waals surface area contributed by atoms with Crippen molar-refractivity contribution in [3.05, 3.63) is 26.2 Å². The van der Waals surface area contributed by atoms with E-state index in [1.165, 1.54) is 3.57 Å². The summed E-state index contributed by atoms with van der Waals surface area (Å²) in [6.45, 7) is 4.26. The Labute approximate surface area is 95.2 Å².